The highest BCUT2D eigenvalue weighted by Gasteiger charge is 2.36. The van der Waals surface area contributed by atoms with E-state index in [0.29, 0.717) is 16.6 Å². The lowest BCUT2D eigenvalue weighted by Crippen LogP contribution is -2.38. The first-order valence-corrected chi connectivity index (χ1v) is 12.1. The normalized spacial score (nSPS) is 17.7. The van der Waals surface area contributed by atoms with Gasteiger partial charge in [-0.05, 0) is 37.2 Å². The Hall–Kier alpha value is 0.130. The van der Waals surface area contributed by atoms with Crippen molar-refractivity contribution in [3.63, 3.8) is 0 Å². The number of alkyl halides is 3. The van der Waals surface area contributed by atoms with Crippen molar-refractivity contribution in [2.24, 2.45) is 11.8 Å². The lowest BCUT2D eigenvalue weighted by Gasteiger charge is -2.34. The van der Waals surface area contributed by atoms with Gasteiger partial charge in [-0.2, -0.15) is 5.10 Å². The molecule has 0 aliphatic rings. The fourth-order valence-electron chi connectivity index (χ4n) is 3.40. The first-order valence-electron chi connectivity index (χ1n) is 9.70. The topological polar surface area (TPSA) is 45.8 Å². The van der Waals surface area contributed by atoms with Crippen molar-refractivity contribution in [2.45, 2.75) is 81.3 Å². The Kier molecular flexibility index (Phi) is 11.0. The van der Waals surface area contributed by atoms with Crippen molar-refractivity contribution in [3.8, 4) is 0 Å². The summed E-state index contributed by atoms with van der Waals surface area (Å²) in [4.78, 5) is 12.1. The number of aromatic nitrogens is 2. The van der Waals surface area contributed by atoms with E-state index in [1.54, 1.807) is 6.07 Å². The fraction of sp³-hybridized carbons (Fsp3) is 0.800. The maximum Gasteiger partial charge on any atom is 0.264 e. The van der Waals surface area contributed by atoms with Gasteiger partial charge in [0.2, 0.25) is 0 Å². The predicted molar refractivity (Wildman–Crippen MR) is 120 cm³/mol. The molecule has 0 saturated carbocycles. The molecule has 1 aromatic heterocycles. The van der Waals surface area contributed by atoms with Gasteiger partial charge in [0.05, 0.1) is 5.69 Å². The summed E-state index contributed by atoms with van der Waals surface area (Å²) < 4.78 is 0. The number of halogens is 3. The Morgan fingerprint density at radius 1 is 1.08 bits per heavy atom. The summed E-state index contributed by atoms with van der Waals surface area (Å²) in [6.45, 7) is 8.94. The molecule has 1 rings (SSSR count). The molecule has 26 heavy (non-hydrogen) atoms. The summed E-state index contributed by atoms with van der Waals surface area (Å²) in [5.74, 6) is 1.86. The average Bonchev–Trinajstić information content (AvgIpc) is 2.65. The number of H-pyrrole nitrogens is 1. The molecule has 0 amide bonds. The maximum absolute atomic E-state index is 11.3. The molecule has 0 radical (unpaired) electrons. The van der Waals surface area contributed by atoms with Gasteiger partial charge in [-0.1, -0.05) is 78.8 Å². The van der Waals surface area contributed by atoms with Crippen LogP contribution in [0.2, 0.25) is 0 Å². The number of rotatable bonds is 12. The Morgan fingerprint density at radius 2 is 1.65 bits per heavy atom. The fourth-order valence-corrected chi connectivity index (χ4v) is 5.89. The minimum absolute atomic E-state index is 0.188. The molecule has 0 saturated heterocycles. The highest BCUT2D eigenvalue weighted by molar-refractivity contribution is 9.09. The standard InChI is InChI=1S/C20H33Br2ClN2O/c1-5-14(6-2)10-16(21)11-15(7-3)12-17(22)20(4,13-23)18-8-9-19(26)25-24-18/h8-9,14-17H,5-7,10-13H2,1-4H3,(H,25,26). The van der Waals surface area contributed by atoms with Gasteiger partial charge in [0.25, 0.3) is 5.56 Å². The second-order valence-electron chi connectivity index (χ2n) is 7.59. The van der Waals surface area contributed by atoms with Crippen LogP contribution in [-0.4, -0.2) is 25.7 Å². The van der Waals surface area contributed by atoms with Crippen LogP contribution in [0, 0.1) is 11.8 Å². The predicted octanol–water partition coefficient (Wildman–Crippen LogP) is 6.43. The van der Waals surface area contributed by atoms with Gasteiger partial charge in [0, 0.05) is 27.0 Å². The van der Waals surface area contributed by atoms with Crippen LogP contribution in [0.3, 0.4) is 0 Å². The molecule has 1 aromatic rings. The molecule has 3 nitrogen and oxygen atoms in total. The third kappa shape index (κ3) is 6.94. The van der Waals surface area contributed by atoms with Crippen molar-refractivity contribution >= 4 is 43.5 Å². The van der Waals surface area contributed by atoms with Crippen molar-refractivity contribution in [2.75, 3.05) is 5.88 Å². The Balaban J connectivity index is 2.78. The molecule has 0 fully saturated rings. The van der Waals surface area contributed by atoms with Crippen LogP contribution in [0.1, 0.15) is 71.9 Å². The number of nitrogens with zero attached hydrogens (tertiary/aromatic N) is 1. The lowest BCUT2D eigenvalue weighted by atomic mass is 9.79. The van der Waals surface area contributed by atoms with Gasteiger partial charge >= 0.3 is 0 Å². The summed E-state index contributed by atoms with van der Waals surface area (Å²) in [6.07, 6.45) is 7.09. The molecule has 0 bridgehead atoms. The molecular weight excluding hydrogens is 479 g/mol. The first-order chi connectivity index (χ1) is 12.3. The number of hydrogen-bond donors (Lipinski definition) is 1. The van der Waals surface area contributed by atoms with Crippen LogP contribution in [0.5, 0.6) is 0 Å². The van der Waals surface area contributed by atoms with Crippen molar-refractivity contribution in [3.05, 3.63) is 28.2 Å². The van der Waals surface area contributed by atoms with Gasteiger partial charge in [-0.15, -0.1) is 11.6 Å². The van der Waals surface area contributed by atoms with Crippen molar-refractivity contribution in [1.29, 1.82) is 0 Å². The van der Waals surface area contributed by atoms with E-state index in [-0.39, 0.29) is 15.8 Å². The molecule has 0 aromatic carbocycles. The molecule has 0 aliphatic heterocycles. The van der Waals surface area contributed by atoms with Crippen LogP contribution in [0.25, 0.3) is 0 Å². The van der Waals surface area contributed by atoms with E-state index in [2.05, 4.69) is 69.8 Å². The monoisotopic (exact) mass is 510 g/mol. The first kappa shape index (κ1) is 24.2. The van der Waals surface area contributed by atoms with E-state index < -0.39 is 0 Å². The van der Waals surface area contributed by atoms with Crippen LogP contribution in [0.4, 0.5) is 0 Å². The van der Waals surface area contributed by atoms with Gasteiger partial charge in [-0.25, -0.2) is 5.10 Å². The third-order valence-corrected chi connectivity index (χ3v) is 8.37. The summed E-state index contributed by atoms with van der Waals surface area (Å²) >= 11 is 14.2. The van der Waals surface area contributed by atoms with Crippen molar-refractivity contribution in [1.82, 2.24) is 10.2 Å². The molecule has 4 unspecified atom stereocenters. The number of hydrogen-bond acceptors (Lipinski definition) is 2. The molecule has 1 heterocycles. The summed E-state index contributed by atoms with van der Waals surface area (Å²) in [6, 6.07) is 3.31. The minimum Gasteiger partial charge on any atom is -0.268 e. The maximum atomic E-state index is 11.3. The van der Waals surface area contributed by atoms with E-state index in [0.717, 1.165) is 24.5 Å². The summed E-state index contributed by atoms with van der Waals surface area (Å²) in [7, 11) is 0. The molecule has 0 spiro atoms. The van der Waals surface area contributed by atoms with Gasteiger partial charge in [0.15, 0.2) is 0 Å². The highest BCUT2D eigenvalue weighted by atomic mass is 79.9. The van der Waals surface area contributed by atoms with Gasteiger partial charge < -0.3 is 0 Å². The lowest BCUT2D eigenvalue weighted by molar-refractivity contribution is 0.350. The van der Waals surface area contributed by atoms with E-state index in [1.807, 2.05) is 0 Å². The van der Waals surface area contributed by atoms with E-state index in [4.69, 9.17) is 11.6 Å². The zero-order valence-corrected chi connectivity index (χ0v) is 20.3. The van der Waals surface area contributed by atoms with Gasteiger partial charge in [0.1, 0.15) is 0 Å². The second-order valence-corrected chi connectivity index (χ2v) is 10.3. The molecule has 4 atom stereocenters. The molecule has 150 valence electrons. The Labute approximate surface area is 180 Å². The van der Waals surface area contributed by atoms with Crippen LogP contribution < -0.4 is 5.56 Å². The van der Waals surface area contributed by atoms with E-state index >= 15 is 0 Å². The van der Waals surface area contributed by atoms with Crippen LogP contribution >= 0.6 is 43.5 Å². The van der Waals surface area contributed by atoms with Gasteiger partial charge in [-0.3, -0.25) is 4.79 Å². The Bertz CT molecular complexity index is 559. The Morgan fingerprint density at radius 3 is 2.12 bits per heavy atom. The molecule has 0 aliphatic carbocycles. The zero-order valence-electron chi connectivity index (χ0n) is 16.4. The van der Waals surface area contributed by atoms with Crippen LogP contribution in [-0.2, 0) is 5.41 Å². The third-order valence-electron chi connectivity index (χ3n) is 5.68. The molecule has 1 N–H and O–H groups in total. The molecular formula is C20H33Br2ClN2O. The number of nitrogens with one attached hydrogen (secondary N) is 1. The minimum atomic E-state index is -0.323. The highest BCUT2D eigenvalue weighted by Crippen LogP contribution is 2.38. The molecule has 6 heteroatoms. The second kappa shape index (κ2) is 11.9. The van der Waals surface area contributed by atoms with E-state index in [1.165, 1.54) is 31.7 Å². The largest absolute Gasteiger partial charge is 0.268 e. The van der Waals surface area contributed by atoms with Crippen molar-refractivity contribution < 1.29 is 0 Å². The zero-order chi connectivity index (χ0) is 19.7. The SMILES string of the molecule is CCC(CC)CC(Br)CC(CC)CC(Br)C(C)(CCl)c1ccc(=O)[nH]n1. The summed E-state index contributed by atoms with van der Waals surface area (Å²) in [5, 5.41) is 6.77. The number of aromatic amines is 1. The van der Waals surface area contributed by atoms with E-state index in [9.17, 15) is 4.79 Å². The smallest absolute Gasteiger partial charge is 0.264 e. The average molecular weight is 513 g/mol. The summed E-state index contributed by atoms with van der Waals surface area (Å²) in [5.41, 5.74) is 0.319. The van der Waals surface area contributed by atoms with Crippen LogP contribution in [0.15, 0.2) is 16.9 Å². The quantitative estimate of drug-likeness (QED) is 0.328.